The van der Waals surface area contributed by atoms with Crippen LogP contribution in [-0.4, -0.2) is 5.78 Å². The number of ketones is 1. The Morgan fingerprint density at radius 3 is 2.67 bits per heavy atom. The molecule has 0 amide bonds. The smallest absolute Gasteiger partial charge is 0.155 e. The standard InChI is InChI=1S/C14H22O/c1-9(2)12-6-4-10(3)13-7-5-11(15)8-14(12)13/h8-10,12-13H,4-7H2,1-3H3/t10-,12+,13+/m1/s1. The number of hydrogen-bond donors (Lipinski definition) is 0. The summed E-state index contributed by atoms with van der Waals surface area (Å²) < 4.78 is 0. The van der Waals surface area contributed by atoms with Gasteiger partial charge in [0.25, 0.3) is 0 Å². The average molecular weight is 206 g/mol. The molecule has 0 aromatic heterocycles. The first-order chi connectivity index (χ1) is 7.09. The van der Waals surface area contributed by atoms with Crippen molar-refractivity contribution in [2.24, 2.45) is 23.7 Å². The van der Waals surface area contributed by atoms with Crippen LogP contribution in [0.15, 0.2) is 11.6 Å². The number of fused-ring (bicyclic) bond motifs is 1. The van der Waals surface area contributed by atoms with Crippen LogP contribution >= 0.6 is 0 Å². The van der Waals surface area contributed by atoms with Gasteiger partial charge in [0.2, 0.25) is 0 Å². The summed E-state index contributed by atoms with van der Waals surface area (Å²) in [5.41, 5.74) is 1.49. The van der Waals surface area contributed by atoms with Gasteiger partial charge in [-0.15, -0.1) is 0 Å². The maximum atomic E-state index is 11.5. The molecule has 2 aliphatic rings. The Balaban J connectivity index is 2.27. The Morgan fingerprint density at radius 2 is 2.00 bits per heavy atom. The zero-order valence-electron chi connectivity index (χ0n) is 10.1. The van der Waals surface area contributed by atoms with Gasteiger partial charge in [-0.3, -0.25) is 4.79 Å². The fourth-order valence-corrected chi connectivity index (χ4v) is 3.35. The van der Waals surface area contributed by atoms with Crippen molar-refractivity contribution in [2.75, 3.05) is 0 Å². The molecule has 0 radical (unpaired) electrons. The molecule has 0 saturated heterocycles. The maximum Gasteiger partial charge on any atom is 0.155 e. The second-order valence-electron chi connectivity index (χ2n) is 5.66. The van der Waals surface area contributed by atoms with Gasteiger partial charge in [0.15, 0.2) is 5.78 Å². The first-order valence-corrected chi connectivity index (χ1v) is 6.34. The first kappa shape index (κ1) is 10.9. The molecule has 1 heteroatoms. The molecule has 3 atom stereocenters. The Hall–Kier alpha value is -0.590. The third kappa shape index (κ3) is 2.02. The summed E-state index contributed by atoms with van der Waals surface area (Å²) >= 11 is 0. The van der Waals surface area contributed by atoms with E-state index in [2.05, 4.69) is 20.8 Å². The molecule has 2 rings (SSSR count). The van der Waals surface area contributed by atoms with E-state index < -0.39 is 0 Å². The van der Waals surface area contributed by atoms with Crippen LogP contribution in [-0.2, 0) is 4.79 Å². The lowest BCUT2D eigenvalue weighted by atomic mass is 9.64. The molecule has 0 aliphatic heterocycles. The zero-order chi connectivity index (χ0) is 11.0. The maximum absolute atomic E-state index is 11.5. The van der Waals surface area contributed by atoms with Crippen molar-refractivity contribution < 1.29 is 4.79 Å². The molecule has 0 heterocycles. The van der Waals surface area contributed by atoms with Crippen LogP contribution in [0.2, 0.25) is 0 Å². The van der Waals surface area contributed by atoms with Crippen molar-refractivity contribution >= 4 is 5.78 Å². The van der Waals surface area contributed by atoms with Gasteiger partial charge in [-0.05, 0) is 49.0 Å². The minimum Gasteiger partial charge on any atom is -0.295 e. The van der Waals surface area contributed by atoms with Crippen LogP contribution in [0, 0.1) is 23.7 Å². The lowest BCUT2D eigenvalue weighted by Crippen LogP contribution is -2.32. The molecule has 15 heavy (non-hydrogen) atoms. The van der Waals surface area contributed by atoms with Crippen LogP contribution in [0.3, 0.4) is 0 Å². The highest BCUT2D eigenvalue weighted by Crippen LogP contribution is 2.45. The summed E-state index contributed by atoms with van der Waals surface area (Å²) in [7, 11) is 0. The lowest BCUT2D eigenvalue weighted by molar-refractivity contribution is -0.115. The number of rotatable bonds is 1. The van der Waals surface area contributed by atoms with E-state index in [4.69, 9.17) is 0 Å². The van der Waals surface area contributed by atoms with E-state index in [1.54, 1.807) is 0 Å². The van der Waals surface area contributed by atoms with Crippen molar-refractivity contribution in [2.45, 2.75) is 46.5 Å². The van der Waals surface area contributed by atoms with E-state index in [-0.39, 0.29) is 0 Å². The predicted octanol–water partition coefficient (Wildman–Crippen LogP) is 3.59. The highest BCUT2D eigenvalue weighted by molar-refractivity contribution is 5.91. The van der Waals surface area contributed by atoms with Gasteiger partial charge < -0.3 is 0 Å². The molecule has 1 fully saturated rings. The van der Waals surface area contributed by atoms with Crippen LogP contribution in [0.25, 0.3) is 0 Å². The minimum atomic E-state index is 0.362. The summed E-state index contributed by atoms with van der Waals surface area (Å²) in [5, 5.41) is 0. The number of allylic oxidation sites excluding steroid dienone is 2. The van der Waals surface area contributed by atoms with Gasteiger partial charge in [-0.1, -0.05) is 26.3 Å². The molecule has 0 bridgehead atoms. The van der Waals surface area contributed by atoms with Gasteiger partial charge in [-0.2, -0.15) is 0 Å². The average Bonchev–Trinajstić information content (AvgIpc) is 2.17. The molecule has 0 aromatic carbocycles. The predicted molar refractivity (Wildman–Crippen MR) is 62.5 cm³/mol. The minimum absolute atomic E-state index is 0.362. The number of carbonyl (C=O) groups is 1. The van der Waals surface area contributed by atoms with E-state index in [0.29, 0.717) is 23.5 Å². The summed E-state index contributed by atoms with van der Waals surface area (Å²) in [4.78, 5) is 11.5. The normalized spacial score (nSPS) is 36.4. The number of hydrogen-bond acceptors (Lipinski definition) is 1. The largest absolute Gasteiger partial charge is 0.295 e. The van der Waals surface area contributed by atoms with E-state index in [9.17, 15) is 4.79 Å². The topological polar surface area (TPSA) is 17.1 Å². The molecule has 1 nitrogen and oxygen atoms in total. The van der Waals surface area contributed by atoms with E-state index in [0.717, 1.165) is 18.8 Å². The van der Waals surface area contributed by atoms with Crippen molar-refractivity contribution in [3.63, 3.8) is 0 Å². The van der Waals surface area contributed by atoms with Crippen molar-refractivity contribution in [1.82, 2.24) is 0 Å². The highest BCUT2D eigenvalue weighted by Gasteiger charge is 2.36. The zero-order valence-corrected chi connectivity index (χ0v) is 10.1. The summed E-state index contributed by atoms with van der Waals surface area (Å²) in [5.74, 6) is 3.23. The van der Waals surface area contributed by atoms with Gasteiger partial charge in [0, 0.05) is 6.42 Å². The summed E-state index contributed by atoms with van der Waals surface area (Å²) in [6.07, 6.45) is 6.50. The van der Waals surface area contributed by atoms with Crippen LogP contribution < -0.4 is 0 Å². The monoisotopic (exact) mass is 206 g/mol. The molecule has 0 aromatic rings. The second-order valence-corrected chi connectivity index (χ2v) is 5.66. The molecule has 1 saturated carbocycles. The number of carbonyl (C=O) groups excluding carboxylic acids is 1. The first-order valence-electron chi connectivity index (χ1n) is 6.34. The van der Waals surface area contributed by atoms with Crippen LogP contribution in [0.5, 0.6) is 0 Å². The second kappa shape index (κ2) is 4.11. The third-order valence-electron chi connectivity index (χ3n) is 4.31. The van der Waals surface area contributed by atoms with Gasteiger partial charge in [-0.25, -0.2) is 0 Å². The SMILES string of the molecule is CC(C)[C@@H]1CC[C@@H](C)[C@@H]2CCC(=O)C=C12. The molecular formula is C14H22O. The van der Waals surface area contributed by atoms with Gasteiger partial charge >= 0.3 is 0 Å². The molecule has 84 valence electrons. The van der Waals surface area contributed by atoms with E-state index >= 15 is 0 Å². The van der Waals surface area contributed by atoms with Gasteiger partial charge in [0.1, 0.15) is 0 Å². The molecule has 2 aliphatic carbocycles. The van der Waals surface area contributed by atoms with Gasteiger partial charge in [0.05, 0.1) is 0 Å². The molecule has 0 spiro atoms. The van der Waals surface area contributed by atoms with Crippen molar-refractivity contribution in [3.8, 4) is 0 Å². The summed E-state index contributed by atoms with van der Waals surface area (Å²) in [6, 6.07) is 0. The third-order valence-corrected chi connectivity index (χ3v) is 4.31. The van der Waals surface area contributed by atoms with Crippen molar-refractivity contribution in [1.29, 1.82) is 0 Å². The Morgan fingerprint density at radius 1 is 1.27 bits per heavy atom. The van der Waals surface area contributed by atoms with Crippen LogP contribution in [0.4, 0.5) is 0 Å². The molecular weight excluding hydrogens is 184 g/mol. The fraction of sp³-hybridized carbons (Fsp3) is 0.786. The molecule has 0 unspecified atom stereocenters. The Labute approximate surface area is 92.9 Å². The Bertz CT molecular complexity index is 288. The highest BCUT2D eigenvalue weighted by atomic mass is 16.1. The molecule has 0 N–H and O–H groups in total. The van der Waals surface area contributed by atoms with E-state index in [1.165, 1.54) is 18.4 Å². The fourth-order valence-electron chi connectivity index (χ4n) is 3.35. The van der Waals surface area contributed by atoms with Crippen LogP contribution in [0.1, 0.15) is 46.5 Å². The van der Waals surface area contributed by atoms with E-state index in [1.807, 2.05) is 6.08 Å². The lowest BCUT2D eigenvalue weighted by Gasteiger charge is -2.41. The Kier molecular flexibility index (Phi) is 2.99. The quantitative estimate of drug-likeness (QED) is 0.640. The summed E-state index contributed by atoms with van der Waals surface area (Å²) in [6.45, 7) is 6.93. The van der Waals surface area contributed by atoms with Crippen molar-refractivity contribution in [3.05, 3.63) is 11.6 Å².